The Hall–Kier alpha value is -2.92. The second kappa shape index (κ2) is 10.4. The molecule has 2 bridgehead atoms. The normalized spacial score (nSPS) is 23.4. The minimum Gasteiger partial charge on any atom is -0.490 e. The maximum atomic E-state index is 13.6. The first-order chi connectivity index (χ1) is 16.6. The molecule has 3 atom stereocenters. The van der Waals surface area contributed by atoms with Crippen molar-refractivity contribution in [3.05, 3.63) is 23.2 Å². The highest BCUT2D eigenvalue weighted by molar-refractivity contribution is 7.14. The van der Waals surface area contributed by atoms with Gasteiger partial charge in [-0.2, -0.15) is 5.10 Å². The lowest BCUT2D eigenvalue weighted by Gasteiger charge is -2.30. The average Bonchev–Trinajstić information content (AvgIpc) is 3.50. The highest BCUT2D eigenvalue weighted by Crippen LogP contribution is 2.36. The van der Waals surface area contributed by atoms with Crippen molar-refractivity contribution in [2.24, 2.45) is 13.0 Å². The molecule has 4 heterocycles. The van der Waals surface area contributed by atoms with E-state index in [0.29, 0.717) is 30.0 Å². The lowest BCUT2D eigenvalue weighted by molar-refractivity contribution is -0.138. The van der Waals surface area contributed by atoms with Gasteiger partial charge in [0.05, 0.1) is 17.0 Å². The fraction of sp³-hybridized carbons (Fsp3) is 0.583. The van der Waals surface area contributed by atoms with Gasteiger partial charge >= 0.3 is 0 Å². The number of aliphatic hydroxyl groups is 1. The SMILES string of the molecule is CC(C)CC(=O)N[C@H]1CCN(C)C(=O)c2cc(nn2C)-c2sccc2OC[C@@H]2C[C@H](O)CN2C1=O. The predicted octanol–water partition coefficient (Wildman–Crippen LogP) is 1.50. The molecule has 2 aliphatic rings. The molecule has 11 heteroatoms. The summed E-state index contributed by atoms with van der Waals surface area (Å²) in [5.41, 5.74) is 1.06. The monoisotopic (exact) mass is 503 g/mol. The zero-order chi connectivity index (χ0) is 25.3. The van der Waals surface area contributed by atoms with Gasteiger partial charge in [0.15, 0.2) is 0 Å². The summed E-state index contributed by atoms with van der Waals surface area (Å²) >= 11 is 1.46. The van der Waals surface area contributed by atoms with E-state index >= 15 is 0 Å². The van der Waals surface area contributed by atoms with Gasteiger partial charge in [0, 0.05) is 33.6 Å². The standard InChI is InChI=1S/C24H33N5O5S/c1-14(2)9-21(31)25-17-5-7-27(3)24(33)19-11-18(26-28(19)4)22-20(6-8-35-22)34-13-15-10-16(30)12-29(15)23(17)32/h6,8,11,14-17,30H,5,7,9-10,12-13H2,1-4H3,(H,25,31)/t15-,16-,17-/m0/s1. The summed E-state index contributed by atoms with van der Waals surface area (Å²) in [6, 6.07) is 2.44. The number of thiophene rings is 1. The van der Waals surface area contributed by atoms with E-state index in [1.165, 1.54) is 16.2 Å². The minimum absolute atomic E-state index is 0.144. The number of aromatic nitrogens is 2. The van der Waals surface area contributed by atoms with Crippen LogP contribution in [-0.2, 0) is 16.6 Å². The zero-order valence-corrected chi connectivity index (χ0v) is 21.4. The van der Waals surface area contributed by atoms with Gasteiger partial charge in [-0.1, -0.05) is 13.8 Å². The van der Waals surface area contributed by atoms with Crippen LogP contribution in [0.3, 0.4) is 0 Å². The van der Waals surface area contributed by atoms with Crippen LogP contribution in [0.4, 0.5) is 0 Å². The molecule has 3 amide bonds. The number of carbonyl (C=O) groups is 3. The van der Waals surface area contributed by atoms with Crippen LogP contribution in [0.2, 0.25) is 0 Å². The summed E-state index contributed by atoms with van der Waals surface area (Å²) in [4.78, 5) is 43.3. The second-order valence-corrected chi connectivity index (χ2v) is 10.6. The van der Waals surface area contributed by atoms with Gasteiger partial charge in [0.25, 0.3) is 5.91 Å². The molecule has 2 aliphatic heterocycles. The molecule has 35 heavy (non-hydrogen) atoms. The third-order valence-electron chi connectivity index (χ3n) is 6.39. The number of amides is 3. The number of hydrogen-bond acceptors (Lipinski definition) is 7. The number of rotatable bonds is 3. The Labute approximate surface area is 208 Å². The van der Waals surface area contributed by atoms with E-state index in [1.807, 2.05) is 25.3 Å². The van der Waals surface area contributed by atoms with E-state index in [4.69, 9.17) is 4.74 Å². The van der Waals surface area contributed by atoms with Gasteiger partial charge in [-0.15, -0.1) is 11.3 Å². The van der Waals surface area contributed by atoms with Crippen molar-refractivity contribution in [1.29, 1.82) is 0 Å². The van der Waals surface area contributed by atoms with Crippen molar-refractivity contribution in [1.82, 2.24) is 24.9 Å². The van der Waals surface area contributed by atoms with Crippen LogP contribution in [0.5, 0.6) is 5.75 Å². The van der Waals surface area contributed by atoms with Crippen LogP contribution in [0.25, 0.3) is 10.6 Å². The number of carbonyl (C=O) groups excluding carboxylic acids is 3. The number of aryl methyl sites for hydroxylation is 1. The molecule has 1 fully saturated rings. The number of nitrogens with one attached hydrogen (secondary N) is 1. The molecule has 190 valence electrons. The maximum Gasteiger partial charge on any atom is 0.271 e. The summed E-state index contributed by atoms with van der Waals surface area (Å²) in [5, 5.41) is 19.6. The van der Waals surface area contributed by atoms with E-state index in [-0.39, 0.29) is 55.8 Å². The van der Waals surface area contributed by atoms with E-state index < -0.39 is 12.1 Å². The maximum absolute atomic E-state index is 13.6. The number of fused-ring (bicyclic) bond motifs is 5. The van der Waals surface area contributed by atoms with Crippen molar-refractivity contribution < 1.29 is 24.2 Å². The Morgan fingerprint density at radius 3 is 2.86 bits per heavy atom. The first-order valence-corrected chi connectivity index (χ1v) is 12.8. The molecule has 0 unspecified atom stereocenters. The second-order valence-electron chi connectivity index (χ2n) is 9.73. The highest BCUT2D eigenvalue weighted by Gasteiger charge is 2.38. The number of nitrogens with zero attached hydrogens (tertiary/aromatic N) is 4. The van der Waals surface area contributed by atoms with E-state index in [2.05, 4.69) is 10.4 Å². The quantitative estimate of drug-likeness (QED) is 0.656. The number of aliphatic hydroxyl groups excluding tert-OH is 1. The molecule has 2 aromatic heterocycles. The third kappa shape index (κ3) is 5.51. The Kier molecular flexibility index (Phi) is 7.46. The number of ether oxygens (including phenoxy) is 1. The topological polar surface area (TPSA) is 117 Å². The molecule has 2 N–H and O–H groups in total. The van der Waals surface area contributed by atoms with E-state index in [9.17, 15) is 19.5 Å². The third-order valence-corrected chi connectivity index (χ3v) is 7.31. The average molecular weight is 504 g/mol. The van der Waals surface area contributed by atoms with Gasteiger partial charge in [-0.05, 0) is 36.3 Å². The van der Waals surface area contributed by atoms with Gasteiger partial charge in [0.1, 0.15) is 29.8 Å². The number of hydrogen-bond donors (Lipinski definition) is 2. The Morgan fingerprint density at radius 1 is 1.34 bits per heavy atom. The molecule has 0 spiro atoms. The Balaban J connectivity index is 1.67. The fourth-order valence-corrected chi connectivity index (χ4v) is 5.37. The van der Waals surface area contributed by atoms with Crippen LogP contribution in [0.15, 0.2) is 17.5 Å². The van der Waals surface area contributed by atoms with Crippen LogP contribution in [0, 0.1) is 5.92 Å². The first-order valence-electron chi connectivity index (χ1n) is 11.9. The van der Waals surface area contributed by atoms with Gasteiger partial charge in [-0.25, -0.2) is 0 Å². The summed E-state index contributed by atoms with van der Waals surface area (Å²) in [5.74, 6) is 0.0539. The van der Waals surface area contributed by atoms with E-state index in [0.717, 1.165) is 4.88 Å². The Morgan fingerprint density at radius 2 is 2.11 bits per heavy atom. The van der Waals surface area contributed by atoms with Crippen LogP contribution < -0.4 is 10.1 Å². The predicted molar refractivity (Wildman–Crippen MR) is 131 cm³/mol. The molecule has 0 aromatic carbocycles. The van der Waals surface area contributed by atoms with Crippen molar-refractivity contribution in [3.63, 3.8) is 0 Å². The van der Waals surface area contributed by atoms with Gasteiger partial charge < -0.3 is 25.0 Å². The minimum atomic E-state index is -0.812. The smallest absolute Gasteiger partial charge is 0.271 e. The molecule has 0 radical (unpaired) electrons. The summed E-state index contributed by atoms with van der Waals surface area (Å²) in [6.45, 7) is 4.53. The molecule has 4 rings (SSSR count). The molecular formula is C24H33N5O5S. The van der Waals surface area contributed by atoms with Gasteiger partial charge in [0.2, 0.25) is 11.8 Å². The molecular weight excluding hydrogens is 470 g/mol. The molecule has 0 saturated carbocycles. The molecule has 2 aromatic rings. The molecule has 10 nitrogen and oxygen atoms in total. The van der Waals surface area contributed by atoms with Crippen LogP contribution in [0.1, 0.15) is 43.6 Å². The van der Waals surface area contributed by atoms with Crippen LogP contribution in [-0.4, -0.2) is 87.3 Å². The van der Waals surface area contributed by atoms with Crippen molar-refractivity contribution in [2.45, 2.75) is 51.3 Å². The summed E-state index contributed by atoms with van der Waals surface area (Å²) < 4.78 is 7.66. The first kappa shape index (κ1) is 25.2. The lowest BCUT2D eigenvalue weighted by Crippen LogP contribution is -2.52. The zero-order valence-electron chi connectivity index (χ0n) is 20.6. The van der Waals surface area contributed by atoms with Crippen molar-refractivity contribution in [3.8, 4) is 16.3 Å². The van der Waals surface area contributed by atoms with Crippen LogP contribution >= 0.6 is 11.3 Å². The van der Waals surface area contributed by atoms with Gasteiger partial charge in [-0.3, -0.25) is 19.1 Å². The summed E-state index contributed by atoms with van der Waals surface area (Å²) in [6.07, 6.45) is 0.280. The lowest BCUT2D eigenvalue weighted by atomic mass is 10.1. The largest absolute Gasteiger partial charge is 0.490 e. The van der Waals surface area contributed by atoms with Crippen molar-refractivity contribution >= 4 is 29.1 Å². The molecule has 1 saturated heterocycles. The highest BCUT2D eigenvalue weighted by atomic mass is 32.1. The fourth-order valence-electron chi connectivity index (χ4n) is 4.58. The van der Waals surface area contributed by atoms with E-state index in [1.54, 1.807) is 29.7 Å². The molecule has 0 aliphatic carbocycles. The summed E-state index contributed by atoms with van der Waals surface area (Å²) in [7, 11) is 3.39. The van der Waals surface area contributed by atoms with Crippen molar-refractivity contribution in [2.75, 3.05) is 26.7 Å². The Bertz CT molecular complexity index is 1100.